The fourth-order valence-electron chi connectivity index (χ4n) is 3.94. The summed E-state index contributed by atoms with van der Waals surface area (Å²) in [7, 11) is 4.58. The zero-order chi connectivity index (χ0) is 24.9. The summed E-state index contributed by atoms with van der Waals surface area (Å²) < 4.78 is 17.4. The summed E-state index contributed by atoms with van der Waals surface area (Å²) >= 11 is 0. The van der Waals surface area contributed by atoms with E-state index in [0.29, 0.717) is 60.6 Å². The number of nitrogens with zero attached hydrogens (tertiary/aromatic N) is 4. The van der Waals surface area contributed by atoms with E-state index < -0.39 is 0 Å². The van der Waals surface area contributed by atoms with Crippen LogP contribution in [0.25, 0.3) is 5.69 Å². The van der Waals surface area contributed by atoms with Gasteiger partial charge in [-0.15, -0.1) is 5.10 Å². The smallest absolute Gasteiger partial charge is 0.321 e. The lowest BCUT2D eigenvalue weighted by molar-refractivity contribution is 0.208. The average molecular weight is 480 g/mol. The normalized spacial score (nSPS) is 13.4. The number of nitrogens with one attached hydrogen (secondary N) is 1. The van der Waals surface area contributed by atoms with Gasteiger partial charge in [-0.05, 0) is 25.1 Å². The summed E-state index contributed by atoms with van der Waals surface area (Å²) in [5.41, 5.74) is 2.17. The van der Waals surface area contributed by atoms with Gasteiger partial charge in [0.15, 0.2) is 11.5 Å². The Hall–Kier alpha value is -4.21. The molecule has 1 aliphatic rings. The molecule has 1 aliphatic heterocycles. The summed E-state index contributed by atoms with van der Waals surface area (Å²) in [4.78, 5) is 29.1. The predicted octanol–water partition coefficient (Wildman–Crippen LogP) is 2.92. The van der Waals surface area contributed by atoms with Crippen molar-refractivity contribution in [3.63, 3.8) is 0 Å². The summed E-state index contributed by atoms with van der Waals surface area (Å²) in [6.07, 6.45) is 0. The molecule has 4 rings (SSSR count). The maximum atomic E-state index is 12.9. The van der Waals surface area contributed by atoms with Gasteiger partial charge in [-0.2, -0.15) is 4.68 Å². The Labute approximate surface area is 203 Å². The number of piperazine rings is 1. The molecule has 0 saturated carbocycles. The van der Waals surface area contributed by atoms with E-state index in [0.717, 1.165) is 5.56 Å². The molecule has 35 heavy (non-hydrogen) atoms. The Morgan fingerprint density at radius 2 is 1.51 bits per heavy atom. The Bertz CT molecular complexity index is 1220. The first-order valence-electron chi connectivity index (χ1n) is 11.2. The third-order valence-corrected chi connectivity index (χ3v) is 5.87. The minimum Gasteiger partial charge on any atom is -0.493 e. The van der Waals surface area contributed by atoms with Gasteiger partial charge in [0.25, 0.3) is 5.56 Å². The standard InChI is InChI=1S/C25H29N5O5/c1-17-5-7-19(8-6-17)30-23(31)10-9-22(27-30)28-11-13-29(14-12-28)25(32)26-18-15-20(33-2)24(35-4)21(16-18)34-3/h5-10,15-16H,11-14H2,1-4H3,(H,26,32). The minimum atomic E-state index is -0.225. The number of amides is 2. The summed E-state index contributed by atoms with van der Waals surface area (Å²) in [5, 5.41) is 7.46. The fourth-order valence-corrected chi connectivity index (χ4v) is 3.94. The van der Waals surface area contributed by atoms with Crippen molar-refractivity contribution in [2.45, 2.75) is 6.92 Å². The van der Waals surface area contributed by atoms with Crippen LogP contribution in [0, 0.1) is 6.92 Å². The van der Waals surface area contributed by atoms with Crippen LogP contribution in [0.1, 0.15) is 5.56 Å². The number of benzene rings is 2. The zero-order valence-electron chi connectivity index (χ0n) is 20.3. The van der Waals surface area contributed by atoms with Crippen LogP contribution in [-0.4, -0.2) is 68.2 Å². The van der Waals surface area contributed by atoms with Crippen molar-refractivity contribution in [3.8, 4) is 22.9 Å². The van der Waals surface area contributed by atoms with E-state index in [4.69, 9.17) is 14.2 Å². The van der Waals surface area contributed by atoms with E-state index in [1.165, 1.54) is 32.1 Å². The van der Waals surface area contributed by atoms with Crippen molar-refractivity contribution < 1.29 is 19.0 Å². The first-order valence-corrected chi connectivity index (χ1v) is 11.2. The van der Waals surface area contributed by atoms with Gasteiger partial charge < -0.3 is 29.3 Å². The van der Waals surface area contributed by atoms with Gasteiger partial charge in [-0.1, -0.05) is 17.7 Å². The molecule has 0 unspecified atom stereocenters. The van der Waals surface area contributed by atoms with Crippen LogP contribution in [-0.2, 0) is 0 Å². The lowest BCUT2D eigenvalue weighted by atomic mass is 10.2. The van der Waals surface area contributed by atoms with E-state index in [9.17, 15) is 9.59 Å². The van der Waals surface area contributed by atoms with Crippen molar-refractivity contribution in [2.75, 3.05) is 57.7 Å². The maximum absolute atomic E-state index is 12.9. The molecule has 2 heterocycles. The van der Waals surface area contributed by atoms with Crippen molar-refractivity contribution in [1.82, 2.24) is 14.7 Å². The molecule has 1 N–H and O–H groups in total. The molecule has 0 spiro atoms. The van der Waals surface area contributed by atoms with Crippen LogP contribution in [0.4, 0.5) is 16.3 Å². The van der Waals surface area contributed by atoms with Gasteiger partial charge >= 0.3 is 6.03 Å². The quantitative estimate of drug-likeness (QED) is 0.581. The van der Waals surface area contributed by atoms with Crippen LogP contribution in [0.2, 0.25) is 0 Å². The molecule has 184 valence electrons. The molecule has 10 nitrogen and oxygen atoms in total. The van der Waals surface area contributed by atoms with Gasteiger partial charge in [0, 0.05) is 44.4 Å². The molecular formula is C25H29N5O5. The largest absolute Gasteiger partial charge is 0.493 e. The second kappa shape index (κ2) is 10.4. The molecule has 3 aromatic rings. The Kier molecular flexibility index (Phi) is 7.09. The second-order valence-corrected chi connectivity index (χ2v) is 8.10. The first kappa shape index (κ1) is 23.9. The molecule has 1 saturated heterocycles. The number of methoxy groups -OCH3 is 3. The maximum Gasteiger partial charge on any atom is 0.321 e. The number of hydrogen-bond acceptors (Lipinski definition) is 7. The first-order chi connectivity index (χ1) is 16.9. The van der Waals surface area contributed by atoms with Gasteiger partial charge in [-0.3, -0.25) is 4.79 Å². The molecule has 0 bridgehead atoms. The summed E-state index contributed by atoms with van der Waals surface area (Å²) in [6.45, 7) is 4.17. The number of rotatable bonds is 6. The average Bonchev–Trinajstić information content (AvgIpc) is 2.89. The number of carbonyl (C=O) groups is 1. The highest BCUT2D eigenvalue weighted by Crippen LogP contribution is 2.40. The van der Waals surface area contributed by atoms with E-state index in [1.807, 2.05) is 31.2 Å². The van der Waals surface area contributed by atoms with Crippen LogP contribution in [0.15, 0.2) is 53.3 Å². The molecule has 0 radical (unpaired) electrons. The topological polar surface area (TPSA) is 98.2 Å². The Morgan fingerprint density at radius 3 is 2.09 bits per heavy atom. The van der Waals surface area contributed by atoms with Gasteiger partial charge in [0.05, 0.1) is 32.7 Å². The van der Waals surface area contributed by atoms with Gasteiger partial charge in [0.1, 0.15) is 5.82 Å². The highest BCUT2D eigenvalue weighted by Gasteiger charge is 2.23. The Morgan fingerprint density at radius 1 is 0.886 bits per heavy atom. The molecule has 2 aromatic carbocycles. The Balaban J connectivity index is 1.43. The number of carbonyl (C=O) groups excluding carboxylic acids is 1. The highest BCUT2D eigenvalue weighted by molar-refractivity contribution is 5.90. The SMILES string of the molecule is COc1cc(NC(=O)N2CCN(c3ccc(=O)n(-c4ccc(C)cc4)n3)CC2)cc(OC)c1OC. The third kappa shape index (κ3) is 5.16. The van der Waals surface area contributed by atoms with Gasteiger partial charge in [-0.25, -0.2) is 4.79 Å². The van der Waals surface area contributed by atoms with E-state index in [2.05, 4.69) is 15.3 Å². The molecule has 1 aromatic heterocycles. The summed E-state index contributed by atoms with van der Waals surface area (Å²) in [5.74, 6) is 2.07. The predicted molar refractivity (Wildman–Crippen MR) is 133 cm³/mol. The van der Waals surface area contributed by atoms with Crippen LogP contribution in [0.3, 0.4) is 0 Å². The van der Waals surface area contributed by atoms with E-state index >= 15 is 0 Å². The third-order valence-electron chi connectivity index (χ3n) is 5.87. The van der Waals surface area contributed by atoms with E-state index in [-0.39, 0.29) is 11.6 Å². The number of anilines is 2. The number of ether oxygens (including phenoxy) is 3. The molecule has 1 fully saturated rings. The number of aromatic nitrogens is 2. The fraction of sp³-hybridized carbons (Fsp3) is 0.320. The number of aryl methyl sites for hydroxylation is 1. The van der Waals surface area contributed by atoms with Gasteiger partial charge in [0.2, 0.25) is 5.75 Å². The lowest BCUT2D eigenvalue weighted by Crippen LogP contribution is -2.50. The number of hydrogen-bond donors (Lipinski definition) is 1. The van der Waals surface area contributed by atoms with Crippen molar-refractivity contribution >= 4 is 17.5 Å². The monoisotopic (exact) mass is 479 g/mol. The van der Waals surface area contributed by atoms with E-state index in [1.54, 1.807) is 23.1 Å². The molecular weight excluding hydrogens is 450 g/mol. The van der Waals surface area contributed by atoms with Crippen molar-refractivity contribution in [3.05, 3.63) is 64.4 Å². The van der Waals surface area contributed by atoms with Crippen molar-refractivity contribution in [2.24, 2.45) is 0 Å². The molecule has 0 atom stereocenters. The number of urea groups is 1. The van der Waals surface area contributed by atoms with Crippen molar-refractivity contribution in [1.29, 1.82) is 0 Å². The van der Waals surface area contributed by atoms with Crippen LogP contribution in [0.5, 0.6) is 17.2 Å². The lowest BCUT2D eigenvalue weighted by Gasteiger charge is -2.35. The molecule has 10 heteroatoms. The summed E-state index contributed by atoms with van der Waals surface area (Å²) in [6, 6.07) is 14.0. The highest BCUT2D eigenvalue weighted by atomic mass is 16.5. The molecule has 0 aliphatic carbocycles. The second-order valence-electron chi connectivity index (χ2n) is 8.10. The van der Waals surface area contributed by atoms with Crippen LogP contribution < -0.4 is 30.0 Å². The molecule has 2 amide bonds. The minimum absolute atomic E-state index is 0.194. The van der Waals surface area contributed by atoms with Crippen LogP contribution >= 0.6 is 0 Å². The zero-order valence-corrected chi connectivity index (χ0v) is 20.3.